The number of carbonyl (C=O) groups excluding carboxylic acids is 2. The molecule has 9 heteroatoms. The molecule has 26 heavy (non-hydrogen) atoms. The van der Waals surface area contributed by atoms with Crippen molar-refractivity contribution in [2.45, 2.75) is 36.9 Å². The van der Waals surface area contributed by atoms with Crippen molar-refractivity contribution in [1.82, 2.24) is 19.7 Å². The average molecular weight is 392 g/mol. The third kappa shape index (κ3) is 3.64. The summed E-state index contributed by atoms with van der Waals surface area (Å²) in [6.07, 6.45) is 3.85. The van der Waals surface area contributed by atoms with Gasteiger partial charge in [-0.1, -0.05) is 17.8 Å². The zero-order chi connectivity index (χ0) is 18.1. The van der Waals surface area contributed by atoms with Gasteiger partial charge in [-0.25, -0.2) is 0 Å². The van der Waals surface area contributed by atoms with E-state index in [1.54, 1.807) is 16.2 Å². The molecule has 4 rings (SSSR count). The number of nitrogens with zero attached hydrogens (tertiary/aromatic N) is 4. The number of hydrogen-bond acceptors (Lipinski definition) is 6. The molecule has 1 atom stereocenters. The van der Waals surface area contributed by atoms with Crippen molar-refractivity contribution >= 4 is 34.9 Å². The molecule has 1 aliphatic heterocycles. The van der Waals surface area contributed by atoms with Crippen molar-refractivity contribution in [1.29, 1.82) is 0 Å². The fraction of sp³-hybridized carbons (Fsp3) is 0.529. The Morgan fingerprint density at radius 3 is 2.85 bits per heavy atom. The third-order valence-corrected chi connectivity index (χ3v) is 6.61. The molecule has 2 amide bonds. The van der Waals surface area contributed by atoms with Crippen LogP contribution in [0.2, 0.25) is 0 Å². The zero-order valence-electron chi connectivity index (χ0n) is 14.3. The molecule has 1 saturated heterocycles. The smallest absolute Gasteiger partial charge is 0.233 e. The SMILES string of the molecule is NC(=O)[C@H]1CCCN(C(=O)CSc2nnc(-c3cccs3)n2C2CC2)C1. The fourth-order valence-corrected chi connectivity index (χ4v) is 4.88. The van der Waals surface area contributed by atoms with E-state index >= 15 is 0 Å². The molecule has 0 bridgehead atoms. The molecule has 0 unspecified atom stereocenters. The Morgan fingerprint density at radius 2 is 2.15 bits per heavy atom. The Morgan fingerprint density at radius 1 is 1.31 bits per heavy atom. The number of primary amides is 1. The average Bonchev–Trinajstić information content (AvgIpc) is 3.18. The zero-order valence-corrected chi connectivity index (χ0v) is 16.0. The maximum absolute atomic E-state index is 12.6. The summed E-state index contributed by atoms with van der Waals surface area (Å²) in [6.45, 7) is 1.13. The van der Waals surface area contributed by atoms with Gasteiger partial charge < -0.3 is 10.6 Å². The summed E-state index contributed by atoms with van der Waals surface area (Å²) in [4.78, 5) is 26.8. The molecule has 0 radical (unpaired) electrons. The molecule has 3 heterocycles. The van der Waals surface area contributed by atoms with Gasteiger partial charge in [-0.15, -0.1) is 21.5 Å². The first-order valence-corrected chi connectivity index (χ1v) is 10.7. The number of rotatable bonds is 6. The molecule has 7 nitrogen and oxygen atoms in total. The van der Waals surface area contributed by atoms with Gasteiger partial charge in [0.1, 0.15) is 0 Å². The summed E-state index contributed by atoms with van der Waals surface area (Å²) in [5.74, 6) is 0.691. The van der Waals surface area contributed by atoms with Crippen LogP contribution in [0.25, 0.3) is 10.7 Å². The van der Waals surface area contributed by atoms with E-state index in [0.29, 0.717) is 24.9 Å². The van der Waals surface area contributed by atoms with Gasteiger partial charge in [-0.3, -0.25) is 14.2 Å². The van der Waals surface area contributed by atoms with E-state index in [2.05, 4.69) is 14.8 Å². The lowest BCUT2D eigenvalue weighted by atomic mass is 9.97. The normalized spacial score (nSPS) is 20.3. The van der Waals surface area contributed by atoms with Crippen LogP contribution in [0.3, 0.4) is 0 Å². The summed E-state index contributed by atoms with van der Waals surface area (Å²) < 4.78 is 2.17. The van der Waals surface area contributed by atoms with Crippen LogP contribution in [0.5, 0.6) is 0 Å². The molecule has 2 fully saturated rings. The van der Waals surface area contributed by atoms with Crippen molar-refractivity contribution in [3.63, 3.8) is 0 Å². The fourth-order valence-electron chi connectivity index (χ4n) is 3.26. The van der Waals surface area contributed by atoms with Crippen LogP contribution >= 0.6 is 23.1 Å². The number of thioether (sulfide) groups is 1. The number of piperidine rings is 1. The number of carbonyl (C=O) groups is 2. The predicted molar refractivity (Wildman–Crippen MR) is 101 cm³/mol. The van der Waals surface area contributed by atoms with E-state index in [1.807, 2.05) is 17.5 Å². The first-order valence-electron chi connectivity index (χ1n) is 8.82. The Balaban J connectivity index is 1.43. The van der Waals surface area contributed by atoms with E-state index in [0.717, 1.165) is 41.5 Å². The molecule has 1 aliphatic carbocycles. The van der Waals surface area contributed by atoms with E-state index < -0.39 is 0 Å². The highest BCUT2D eigenvalue weighted by molar-refractivity contribution is 7.99. The van der Waals surface area contributed by atoms with Crippen molar-refractivity contribution in [2.24, 2.45) is 11.7 Å². The minimum Gasteiger partial charge on any atom is -0.369 e. The highest BCUT2D eigenvalue weighted by Crippen LogP contribution is 2.41. The van der Waals surface area contributed by atoms with Crippen LogP contribution in [0.15, 0.2) is 22.7 Å². The first kappa shape index (κ1) is 17.5. The Hall–Kier alpha value is -1.87. The molecule has 2 aliphatic rings. The molecule has 138 valence electrons. The van der Waals surface area contributed by atoms with Gasteiger partial charge in [0, 0.05) is 19.1 Å². The summed E-state index contributed by atoms with van der Waals surface area (Å²) in [7, 11) is 0. The van der Waals surface area contributed by atoms with Crippen LogP contribution in [0.4, 0.5) is 0 Å². The molecular weight excluding hydrogens is 370 g/mol. The second kappa shape index (κ2) is 7.40. The second-order valence-corrected chi connectivity index (χ2v) is 8.64. The number of amides is 2. The minimum absolute atomic E-state index is 0.0315. The van der Waals surface area contributed by atoms with Gasteiger partial charge in [0.2, 0.25) is 11.8 Å². The molecular formula is C17H21N5O2S2. The minimum atomic E-state index is -0.316. The van der Waals surface area contributed by atoms with E-state index in [9.17, 15) is 9.59 Å². The monoisotopic (exact) mass is 391 g/mol. The van der Waals surface area contributed by atoms with Gasteiger partial charge in [-0.05, 0) is 37.1 Å². The lowest BCUT2D eigenvalue weighted by Crippen LogP contribution is -2.44. The summed E-state index contributed by atoms with van der Waals surface area (Å²) in [5, 5.41) is 11.5. The number of thiophene rings is 1. The first-order chi connectivity index (χ1) is 12.6. The molecule has 2 N–H and O–H groups in total. The lowest BCUT2D eigenvalue weighted by molar-refractivity contribution is -0.132. The van der Waals surface area contributed by atoms with Gasteiger partial charge >= 0.3 is 0 Å². The maximum atomic E-state index is 12.6. The number of aromatic nitrogens is 3. The molecule has 0 spiro atoms. The Labute approximate surface area is 160 Å². The van der Waals surface area contributed by atoms with Gasteiger partial charge in [0.25, 0.3) is 0 Å². The van der Waals surface area contributed by atoms with E-state index in [1.165, 1.54) is 11.8 Å². The Bertz CT molecular complexity index is 800. The molecule has 2 aromatic rings. The summed E-state index contributed by atoms with van der Waals surface area (Å²) in [5.41, 5.74) is 5.40. The van der Waals surface area contributed by atoms with Crippen LogP contribution in [-0.4, -0.2) is 50.3 Å². The molecule has 2 aromatic heterocycles. The van der Waals surface area contributed by atoms with E-state index in [-0.39, 0.29) is 17.7 Å². The summed E-state index contributed by atoms with van der Waals surface area (Å²) >= 11 is 3.08. The van der Waals surface area contributed by atoms with Crippen LogP contribution in [-0.2, 0) is 9.59 Å². The van der Waals surface area contributed by atoms with Crippen LogP contribution < -0.4 is 5.73 Å². The highest BCUT2D eigenvalue weighted by atomic mass is 32.2. The highest BCUT2D eigenvalue weighted by Gasteiger charge is 2.31. The van der Waals surface area contributed by atoms with Crippen molar-refractivity contribution in [3.8, 4) is 10.7 Å². The van der Waals surface area contributed by atoms with Gasteiger partial charge in [0.15, 0.2) is 11.0 Å². The van der Waals surface area contributed by atoms with E-state index in [4.69, 9.17) is 5.73 Å². The number of likely N-dealkylation sites (tertiary alicyclic amines) is 1. The number of nitrogens with two attached hydrogens (primary N) is 1. The number of hydrogen-bond donors (Lipinski definition) is 1. The van der Waals surface area contributed by atoms with Crippen LogP contribution in [0.1, 0.15) is 31.7 Å². The van der Waals surface area contributed by atoms with Crippen molar-refractivity contribution in [2.75, 3.05) is 18.8 Å². The van der Waals surface area contributed by atoms with Gasteiger partial charge in [0.05, 0.1) is 16.5 Å². The lowest BCUT2D eigenvalue weighted by Gasteiger charge is -2.31. The summed E-state index contributed by atoms with van der Waals surface area (Å²) in [6, 6.07) is 4.49. The largest absolute Gasteiger partial charge is 0.369 e. The molecule has 1 saturated carbocycles. The third-order valence-electron chi connectivity index (χ3n) is 4.82. The Kier molecular flexibility index (Phi) is 4.99. The van der Waals surface area contributed by atoms with Gasteiger partial charge in [-0.2, -0.15) is 0 Å². The second-order valence-electron chi connectivity index (χ2n) is 6.75. The molecule has 0 aromatic carbocycles. The van der Waals surface area contributed by atoms with Crippen LogP contribution in [0, 0.1) is 5.92 Å². The quantitative estimate of drug-likeness (QED) is 0.762. The standard InChI is InChI=1S/C17H21N5O2S2/c18-15(24)11-3-1-7-21(9-11)14(23)10-26-17-20-19-16(13-4-2-8-25-13)22(17)12-5-6-12/h2,4,8,11-12H,1,3,5-7,9-10H2,(H2,18,24)/t11-/m0/s1. The van der Waals surface area contributed by atoms with Crippen molar-refractivity contribution < 1.29 is 9.59 Å². The maximum Gasteiger partial charge on any atom is 0.233 e. The van der Waals surface area contributed by atoms with Crippen molar-refractivity contribution in [3.05, 3.63) is 17.5 Å². The predicted octanol–water partition coefficient (Wildman–Crippen LogP) is 2.16. The topological polar surface area (TPSA) is 94.1 Å².